The molecule has 1 aliphatic heterocycles. The van der Waals surface area contributed by atoms with Crippen molar-refractivity contribution in [1.82, 2.24) is 10.6 Å². The van der Waals surface area contributed by atoms with E-state index in [1.165, 1.54) is 25.5 Å². The van der Waals surface area contributed by atoms with Crippen LogP contribution in [0.4, 0.5) is 9.80 Å². The molecule has 0 unspecified atom stereocenters. The third-order valence-electron chi connectivity index (χ3n) is 2.77. The summed E-state index contributed by atoms with van der Waals surface area (Å²) in [7, 11) is 2.87. The van der Waals surface area contributed by atoms with Crippen LogP contribution in [0.25, 0.3) is 0 Å². The van der Waals surface area contributed by atoms with E-state index in [0.717, 1.165) is 30.0 Å². The summed E-state index contributed by atoms with van der Waals surface area (Å²) in [4.78, 5) is 24.3. The van der Waals surface area contributed by atoms with Crippen LogP contribution in [-0.2, 0) is 17.7 Å². The van der Waals surface area contributed by atoms with Crippen LogP contribution in [0.2, 0.25) is 0 Å². The number of hydrogen-bond acceptors (Lipinski definition) is 5. The number of nitrogens with one attached hydrogen (secondary N) is 3. The van der Waals surface area contributed by atoms with E-state index in [4.69, 9.17) is 4.74 Å². The first kappa shape index (κ1) is 12.8. The zero-order valence-electron chi connectivity index (χ0n) is 10.3. The number of thiophene rings is 1. The molecule has 1 aromatic heterocycles. The number of ether oxygens (including phenoxy) is 1. The van der Waals surface area contributed by atoms with Crippen LogP contribution in [0.1, 0.15) is 20.8 Å². The van der Waals surface area contributed by atoms with Gasteiger partial charge in [0.15, 0.2) is 0 Å². The first-order chi connectivity index (χ1) is 8.67. The van der Waals surface area contributed by atoms with E-state index in [2.05, 4.69) is 16.0 Å². The first-order valence-electron chi connectivity index (χ1n) is 5.59. The molecule has 2 rings (SSSR count). The highest BCUT2D eigenvalue weighted by Gasteiger charge is 2.26. The molecule has 0 bridgehead atoms. The predicted octanol–water partition coefficient (Wildman–Crippen LogP) is 0.932. The van der Waals surface area contributed by atoms with Crippen molar-refractivity contribution in [2.24, 2.45) is 0 Å². The van der Waals surface area contributed by atoms with Gasteiger partial charge in [-0.2, -0.15) is 0 Å². The Hall–Kier alpha value is -1.60. The number of carbonyl (C=O) groups is 2. The number of rotatable bonds is 2. The third-order valence-corrected chi connectivity index (χ3v) is 3.92. The molecule has 0 atom stereocenters. The maximum Gasteiger partial charge on any atom is 0.341 e. The fraction of sp³-hybridized carbons (Fsp3) is 0.455. The molecule has 2 heterocycles. The maximum absolute atomic E-state index is 11.8. The number of hydrogen-bond donors (Lipinski definition) is 3. The van der Waals surface area contributed by atoms with Crippen LogP contribution < -0.4 is 16.0 Å². The van der Waals surface area contributed by atoms with Crippen LogP contribution in [0.5, 0.6) is 0 Å². The standard InChI is InChI=1S/C11H15N3O3S/c1-12-11(16)14-9-8(10(15)17-2)6-3-4-13-5-7(6)18-9/h13H,3-5H2,1-2H3,(H2,12,14,16). The molecule has 98 valence electrons. The highest BCUT2D eigenvalue weighted by atomic mass is 32.1. The van der Waals surface area contributed by atoms with Crippen molar-refractivity contribution in [3.8, 4) is 0 Å². The topological polar surface area (TPSA) is 79.5 Å². The Kier molecular flexibility index (Phi) is 3.83. The van der Waals surface area contributed by atoms with Crippen molar-refractivity contribution < 1.29 is 14.3 Å². The van der Waals surface area contributed by atoms with Gasteiger partial charge in [0.25, 0.3) is 0 Å². The fourth-order valence-corrected chi connectivity index (χ4v) is 3.11. The van der Waals surface area contributed by atoms with Crippen molar-refractivity contribution in [1.29, 1.82) is 0 Å². The maximum atomic E-state index is 11.8. The highest BCUT2D eigenvalue weighted by molar-refractivity contribution is 7.17. The molecule has 6 nitrogen and oxygen atoms in total. The van der Waals surface area contributed by atoms with Crippen LogP contribution in [0, 0.1) is 0 Å². The number of urea groups is 1. The van der Waals surface area contributed by atoms with E-state index in [1.54, 1.807) is 0 Å². The number of esters is 1. The van der Waals surface area contributed by atoms with Crippen molar-refractivity contribution in [3.05, 3.63) is 16.0 Å². The number of methoxy groups -OCH3 is 1. The molecule has 0 radical (unpaired) electrons. The molecule has 0 aliphatic carbocycles. The average Bonchev–Trinajstić information content (AvgIpc) is 2.75. The largest absolute Gasteiger partial charge is 0.465 e. The van der Waals surface area contributed by atoms with E-state index < -0.39 is 5.97 Å². The Morgan fingerprint density at radius 1 is 1.44 bits per heavy atom. The van der Waals surface area contributed by atoms with Gasteiger partial charge in [-0.15, -0.1) is 11.3 Å². The van der Waals surface area contributed by atoms with Gasteiger partial charge in [-0.25, -0.2) is 9.59 Å². The normalized spacial score (nSPS) is 13.7. The molecular weight excluding hydrogens is 254 g/mol. The van der Waals surface area contributed by atoms with Crippen LogP contribution >= 0.6 is 11.3 Å². The molecule has 1 aliphatic rings. The van der Waals surface area contributed by atoms with Crippen molar-refractivity contribution in [3.63, 3.8) is 0 Å². The van der Waals surface area contributed by atoms with Gasteiger partial charge >= 0.3 is 12.0 Å². The summed E-state index contributed by atoms with van der Waals surface area (Å²) >= 11 is 1.41. The first-order valence-corrected chi connectivity index (χ1v) is 6.41. The van der Waals surface area contributed by atoms with Gasteiger partial charge in [-0.1, -0.05) is 0 Å². The summed E-state index contributed by atoms with van der Waals surface area (Å²) in [6.07, 6.45) is 0.770. The lowest BCUT2D eigenvalue weighted by Crippen LogP contribution is -2.25. The minimum absolute atomic E-state index is 0.341. The second kappa shape index (κ2) is 5.36. The molecule has 0 fully saturated rings. The van der Waals surface area contributed by atoms with Crippen LogP contribution in [0.3, 0.4) is 0 Å². The van der Waals surface area contributed by atoms with Gasteiger partial charge in [0, 0.05) is 18.5 Å². The van der Waals surface area contributed by atoms with Crippen molar-refractivity contribution in [2.75, 3.05) is 26.0 Å². The summed E-state index contributed by atoms with van der Waals surface area (Å²) in [6.45, 7) is 1.55. The van der Waals surface area contributed by atoms with E-state index in [1.807, 2.05) is 0 Å². The van der Waals surface area contributed by atoms with Crippen molar-refractivity contribution >= 4 is 28.3 Å². The average molecular weight is 269 g/mol. The summed E-state index contributed by atoms with van der Waals surface area (Å²) in [5.41, 5.74) is 1.47. The molecule has 18 heavy (non-hydrogen) atoms. The lowest BCUT2D eigenvalue weighted by molar-refractivity contribution is 0.0601. The highest BCUT2D eigenvalue weighted by Crippen LogP contribution is 2.35. The number of carbonyl (C=O) groups excluding carboxylic acids is 2. The molecule has 1 aromatic rings. The predicted molar refractivity (Wildman–Crippen MR) is 69.1 cm³/mol. The van der Waals surface area contributed by atoms with Crippen LogP contribution in [0.15, 0.2) is 0 Å². The molecule has 0 aromatic carbocycles. The van der Waals surface area contributed by atoms with Gasteiger partial charge < -0.3 is 15.4 Å². The molecule has 0 saturated heterocycles. The zero-order chi connectivity index (χ0) is 13.1. The Bertz CT molecular complexity index is 484. The van der Waals surface area contributed by atoms with Gasteiger partial charge in [-0.3, -0.25) is 5.32 Å². The molecule has 7 heteroatoms. The third kappa shape index (κ3) is 2.32. The lowest BCUT2D eigenvalue weighted by Gasteiger charge is -2.13. The monoisotopic (exact) mass is 269 g/mol. The quantitative estimate of drug-likeness (QED) is 0.698. The SMILES string of the molecule is CNC(=O)Nc1sc2c(c1C(=O)OC)CCNC2. The Balaban J connectivity index is 2.41. The number of fused-ring (bicyclic) bond motifs is 1. The summed E-state index contributed by atoms with van der Waals surface area (Å²) in [6, 6.07) is -0.341. The van der Waals surface area contributed by atoms with E-state index in [0.29, 0.717) is 10.6 Å². The minimum atomic E-state index is -0.402. The summed E-state index contributed by atoms with van der Waals surface area (Å²) in [5.74, 6) is -0.402. The second-order valence-corrected chi connectivity index (χ2v) is 4.94. The van der Waals surface area contributed by atoms with Gasteiger partial charge in [0.05, 0.1) is 12.7 Å². The van der Waals surface area contributed by atoms with E-state index in [-0.39, 0.29) is 6.03 Å². The second-order valence-electron chi connectivity index (χ2n) is 3.83. The number of amides is 2. The fourth-order valence-electron chi connectivity index (χ4n) is 1.91. The van der Waals surface area contributed by atoms with Crippen LogP contribution in [-0.4, -0.2) is 32.7 Å². The Morgan fingerprint density at radius 2 is 2.22 bits per heavy atom. The number of anilines is 1. The van der Waals surface area contributed by atoms with Gasteiger partial charge in [0.2, 0.25) is 0 Å². The zero-order valence-corrected chi connectivity index (χ0v) is 11.1. The smallest absolute Gasteiger partial charge is 0.341 e. The molecular formula is C11H15N3O3S. The van der Waals surface area contributed by atoms with Crippen molar-refractivity contribution in [2.45, 2.75) is 13.0 Å². The molecule has 3 N–H and O–H groups in total. The van der Waals surface area contributed by atoms with Gasteiger partial charge in [0.1, 0.15) is 5.00 Å². The summed E-state index contributed by atoms with van der Waals surface area (Å²) in [5, 5.41) is 8.93. The summed E-state index contributed by atoms with van der Waals surface area (Å²) < 4.78 is 4.79. The lowest BCUT2D eigenvalue weighted by atomic mass is 10.0. The van der Waals surface area contributed by atoms with E-state index >= 15 is 0 Å². The molecule has 2 amide bonds. The molecule has 0 saturated carbocycles. The Morgan fingerprint density at radius 3 is 2.89 bits per heavy atom. The Labute approximate surface area is 109 Å². The van der Waals surface area contributed by atoms with E-state index in [9.17, 15) is 9.59 Å². The minimum Gasteiger partial charge on any atom is -0.465 e. The van der Waals surface area contributed by atoms with Gasteiger partial charge in [-0.05, 0) is 18.5 Å². The molecule has 0 spiro atoms.